The van der Waals surface area contributed by atoms with Crippen molar-refractivity contribution in [1.82, 2.24) is 9.97 Å². The van der Waals surface area contributed by atoms with Crippen molar-refractivity contribution in [2.24, 2.45) is 0 Å². The molecule has 0 aliphatic carbocycles. The maximum Gasteiger partial charge on any atom is 0.232 e. The van der Waals surface area contributed by atoms with Crippen LogP contribution in [0, 0.1) is 25.2 Å². The van der Waals surface area contributed by atoms with Gasteiger partial charge in [-0.1, -0.05) is 18.2 Å². The first-order chi connectivity index (χ1) is 12.6. The van der Waals surface area contributed by atoms with Gasteiger partial charge in [0.1, 0.15) is 5.82 Å². The zero-order chi connectivity index (χ0) is 18.5. The Morgan fingerprint density at radius 3 is 2.58 bits per heavy atom. The lowest BCUT2D eigenvalue weighted by molar-refractivity contribution is 0.935. The minimum atomic E-state index is 0.607. The molecule has 3 rings (SSSR count). The second kappa shape index (κ2) is 7.66. The molecule has 0 amide bonds. The van der Waals surface area contributed by atoms with E-state index in [0.29, 0.717) is 17.3 Å². The summed E-state index contributed by atoms with van der Waals surface area (Å²) >= 11 is 0. The Morgan fingerprint density at radius 1 is 1.04 bits per heavy atom. The molecule has 0 unspecified atom stereocenters. The second-order valence-corrected chi connectivity index (χ2v) is 6.10. The number of aryl methyl sites for hydroxylation is 2. The van der Waals surface area contributed by atoms with Gasteiger partial charge in [0.05, 0.1) is 11.6 Å². The van der Waals surface area contributed by atoms with Crippen LogP contribution >= 0.6 is 0 Å². The third-order valence-electron chi connectivity index (χ3n) is 3.98. The smallest absolute Gasteiger partial charge is 0.232 e. The topological polar surface area (TPSA) is 64.8 Å². The van der Waals surface area contributed by atoms with Crippen LogP contribution in [0.1, 0.15) is 23.7 Å². The summed E-state index contributed by atoms with van der Waals surface area (Å²) in [6.45, 7) is 6.86. The van der Waals surface area contributed by atoms with E-state index in [4.69, 9.17) is 5.26 Å². The molecule has 0 aliphatic heterocycles. The third-order valence-corrected chi connectivity index (χ3v) is 3.98. The average molecular weight is 343 g/mol. The molecule has 0 saturated carbocycles. The van der Waals surface area contributed by atoms with E-state index in [2.05, 4.69) is 58.3 Å². The van der Waals surface area contributed by atoms with E-state index < -0.39 is 0 Å². The lowest BCUT2D eigenvalue weighted by atomic mass is 10.2. The first-order valence-electron chi connectivity index (χ1n) is 8.56. The van der Waals surface area contributed by atoms with Crippen LogP contribution in [0.5, 0.6) is 0 Å². The van der Waals surface area contributed by atoms with Crippen LogP contribution in [0.25, 0.3) is 0 Å². The Bertz CT molecular complexity index is 959. The standard InChI is InChI=1S/C21H21N5/c1-4-26(19-10-5-7-15(2)11-19)21-23-16(3)12-20(25-21)24-18-9-6-8-17(13-18)14-22/h5-13H,4H2,1-3H3,(H,23,24,25). The van der Waals surface area contributed by atoms with E-state index in [-0.39, 0.29) is 0 Å². The minimum Gasteiger partial charge on any atom is -0.340 e. The number of aromatic nitrogens is 2. The molecule has 3 aromatic rings. The Kier molecular flexibility index (Phi) is 5.14. The predicted molar refractivity (Wildman–Crippen MR) is 105 cm³/mol. The average Bonchev–Trinajstić information content (AvgIpc) is 2.62. The monoisotopic (exact) mass is 343 g/mol. The largest absolute Gasteiger partial charge is 0.340 e. The van der Waals surface area contributed by atoms with Crippen molar-refractivity contribution in [1.29, 1.82) is 5.26 Å². The number of rotatable bonds is 5. The van der Waals surface area contributed by atoms with Gasteiger partial charge in [-0.05, 0) is 56.7 Å². The fourth-order valence-corrected chi connectivity index (χ4v) is 2.79. The molecule has 0 radical (unpaired) electrons. The van der Waals surface area contributed by atoms with Crippen LogP contribution in [0.4, 0.5) is 23.1 Å². The molecule has 0 fully saturated rings. The molecule has 2 aromatic carbocycles. The SMILES string of the molecule is CCN(c1cccc(C)c1)c1nc(C)cc(Nc2cccc(C#N)c2)n1. The van der Waals surface area contributed by atoms with Gasteiger partial charge in [0.2, 0.25) is 5.95 Å². The highest BCUT2D eigenvalue weighted by molar-refractivity contribution is 5.63. The lowest BCUT2D eigenvalue weighted by Crippen LogP contribution is -2.19. The molecule has 5 heteroatoms. The summed E-state index contributed by atoms with van der Waals surface area (Å²) in [5.41, 5.74) is 4.57. The maximum absolute atomic E-state index is 9.06. The van der Waals surface area contributed by atoms with Crippen LogP contribution in [0.3, 0.4) is 0 Å². The van der Waals surface area contributed by atoms with Crippen LogP contribution in [0.2, 0.25) is 0 Å². The first kappa shape index (κ1) is 17.4. The molecule has 0 saturated heterocycles. The van der Waals surface area contributed by atoms with E-state index in [9.17, 15) is 0 Å². The highest BCUT2D eigenvalue weighted by Crippen LogP contribution is 2.25. The molecular formula is C21H21N5. The molecule has 1 aromatic heterocycles. The summed E-state index contributed by atoms with van der Waals surface area (Å²) in [6, 6.07) is 19.7. The third kappa shape index (κ3) is 3.98. The summed E-state index contributed by atoms with van der Waals surface area (Å²) in [6.07, 6.45) is 0. The Balaban J connectivity index is 1.95. The highest BCUT2D eigenvalue weighted by atomic mass is 15.3. The van der Waals surface area contributed by atoms with Crippen LogP contribution in [-0.2, 0) is 0 Å². The quantitative estimate of drug-likeness (QED) is 0.716. The molecule has 0 bridgehead atoms. The summed E-state index contributed by atoms with van der Waals surface area (Å²) in [4.78, 5) is 11.4. The van der Waals surface area contributed by atoms with Gasteiger partial charge in [-0.3, -0.25) is 0 Å². The molecule has 26 heavy (non-hydrogen) atoms. The van der Waals surface area contributed by atoms with Gasteiger partial charge < -0.3 is 10.2 Å². The minimum absolute atomic E-state index is 0.607. The summed E-state index contributed by atoms with van der Waals surface area (Å²) in [5, 5.41) is 12.3. The Labute approximate surface area is 154 Å². The van der Waals surface area contributed by atoms with Gasteiger partial charge in [0.15, 0.2) is 0 Å². The van der Waals surface area contributed by atoms with Crippen molar-refractivity contribution in [3.63, 3.8) is 0 Å². The molecular weight excluding hydrogens is 322 g/mol. The molecule has 130 valence electrons. The first-order valence-corrected chi connectivity index (χ1v) is 8.56. The van der Waals surface area contributed by atoms with Crippen molar-refractivity contribution in [2.75, 3.05) is 16.8 Å². The molecule has 0 atom stereocenters. The van der Waals surface area contributed by atoms with Gasteiger partial charge in [0.25, 0.3) is 0 Å². The highest BCUT2D eigenvalue weighted by Gasteiger charge is 2.12. The van der Waals surface area contributed by atoms with E-state index in [1.807, 2.05) is 31.2 Å². The summed E-state index contributed by atoms with van der Waals surface area (Å²) in [5.74, 6) is 1.35. The van der Waals surface area contributed by atoms with E-state index in [0.717, 1.165) is 23.6 Å². The van der Waals surface area contributed by atoms with Crippen molar-refractivity contribution in [3.05, 3.63) is 71.4 Å². The molecule has 0 aliphatic rings. The number of nitrogens with zero attached hydrogens (tertiary/aromatic N) is 4. The number of nitriles is 1. The number of benzene rings is 2. The summed E-state index contributed by atoms with van der Waals surface area (Å²) in [7, 11) is 0. The van der Waals surface area contributed by atoms with Gasteiger partial charge in [-0.2, -0.15) is 10.2 Å². The predicted octanol–water partition coefficient (Wildman–Crippen LogP) is 4.87. The number of hydrogen-bond donors (Lipinski definition) is 1. The van der Waals surface area contributed by atoms with E-state index in [1.165, 1.54) is 5.56 Å². The van der Waals surface area contributed by atoms with Crippen LogP contribution in [0.15, 0.2) is 54.6 Å². The van der Waals surface area contributed by atoms with Gasteiger partial charge >= 0.3 is 0 Å². The fraction of sp³-hybridized carbons (Fsp3) is 0.190. The Hall–Kier alpha value is -3.39. The van der Waals surface area contributed by atoms with Crippen molar-refractivity contribution < 1.29 is 0 Å². The maximum atomic E-state index is 9.06. The Morgan fingerprint density at radius 2 is 1.85 bits per heavy atom. The molecule has 0 spiro atoms. The number of hydrogen-bond acceptors (Lipinski definition) is 5. The molecule has 5 nitrogen and oxygen atoms in total. The number of nitrogens with one attached hydrogen (secondary N) is 1. The van der Waals surface area contributed by atoms with E-state index in [1.54, 1.807) is 12.1 Å². The second-order valence-electron chi connectivity index (χ2n) is 6.10. The fourth-order valence-electron chi connectivity index (χ4n) is 2.79. The molecule has 1 N–H and O–H groups in total. The van der Waals surface area contributed by atoms with Crippen LogP contribution < -0.4 is 10.2 Å². The molecule has 1 heterocycles. The van der Waals surface area contributed by atoms with E-state index >= 15 is 0 Å². The zero-order valence-corrected chi connectivity index (χ0v) is 15.2. The normalized spacial score (nSPS) is 10.2. The number of anilines is 4. The van der Waals surface area contributed by atoms with Crippen molar-refractivity contribution in [3.8, 4) is 6.07 Å². The van der Waals surface area contributed by atoms with Crippen molar-refractivity contribution >= 4 is 23.1 Å². The van der Waals surface area contributed by atoms with Crippen LogP contribution in [-0.4, -0.2) is 16.5 Å². The van der Waals surface area contributed by atoms with Gasteiger partial charge in [-0.15, -0.1) is 0 Å². The van der Waals surface area contributed by atoms with Gasteiger partial charge in [-0.25, -0.2) is 4.98 Å². The van der Waals surface area contributed by atoms with Gasteiger partial charge in [0, 0.05) is 29.7 Å². The summed E-state index contributed by atoms with van der Waals surface area (Å²) < 4.78 is 0. The lowest BCUT2D eigenvalue weighted by Gasteiger charge is -2.22. The van der Waals surface area contributed by atoms with Crippen molar-refractivity contribution in [2.45, 2.75) is 20.8 Å². The zero-order valence-electron chi connectivity index (χ0n) is 15.2.